The third kappa shape index (κ3) is 3.96. The summed E-state index contributed by atoms with van der Waals surface area (Å²) >= 11 is 0. The van der Waals surface area contributed by atoms with Gasteiger partial charge in [0.15, 0.2) is 0 Å². The van der Waals surface area contributed by atoms with E-state index in [4.69, 9.17) is 0 Å². The van der Waals surface area contributed by atoms with Gasteiger partial charge in [-0.2, -0.15) is 0 Å². The van der Waals surface area contributed by atoms with Crippen LogP contribution in [0.4, 0.5) is 11.4 Å². The molecule has 0 amide bonds. The molecule has 0 bridgehead atoms. The highest BCUT2D eigenvalue weighted by atomic mass is 32.2. The highest BCUT2D eigenvalue weighted by molar-refractivity contribution is 7.92. The Labute approximate surface area is 148 Å². The number of benzene rings is 2. The van der Waals surface area contributed by atoms with Gasteiger partial charge in [0.05, 0.1) is 23.4 Å². The van der Waals surface area contributed by atoms with E-state index in [1.807, 2.05) is 19.1 Å². The molecular formula is C17H20N2O4S2. The Hall–Kier alpha value is -2.06. The summed E-state index contributed by atoms with van der Waals surface area (Å²) in [5, 5.41) is 0. The SMILES string of the molecule is Cc1ccccc1CS(=O)(=O)Nc1ccc2c(c1)N(S(C)(=O)=O)CC2. The molecule has 1 N–H and O–H groups in total. The first-order valence-electron chi connectivity index (χ1n) is 7.81. The molecule has 0 saturated carbocycles. The van der Waals surface area contributed by atoms with Crippen LogP contribution in [0.3, 0.4) is 0 Å². The van der Waals surface area contributed by atoms with Crippen LogP contribution in [0.1, 0.15) is 16.7 Å². The third-order valence-electron chi connectivity index (χ3n) is 4.22. The Morgan fingerprint density at radius 2 is 1.80 bits per heavy atom. The van der Waals surface area contributed by atoms with Gasteiger partial charge in [-0.05, 0) is 42.2 Å². The summed E-state index contributed by atoms with van der Waals surface area (Å²) in [4.78, 5) is 0. The average Bonchev–Trinajstić information content (AvgIpc) is 2.92. The van der Waals surface area contributed by atoms with Gasteiger partial charge in [-0.3, -0.25) is 9.03 Å². The Kier molecular flexibility index (Phi) is 4.51. The standard InChI is InChI=1S/C17H20N2O4S2/c1-13-5-3-4-6-15(13)12-25(22,23)18-16-8-7-14-9-10-19(17(14)11-16)24(2,20)21/h3-8,11,18H,9-10,12H2,1-2H3. The number of rotatable bonds is 5. The van der Waals surface area contributed by atoms with E-state index in [-0.39, 0.29) is 5.75 Å². The van der Waals surface area contributed by atoms with Crippen molar-refractivity contribution < 1.29 is 16.8 Å². The van der Waals surface area contributed by atoms with E-state index in [2.05, 4.69) is 4.72 Å². The van der Waals surface area contributed by atoms with E-state index in [0.717, 1.165) is 22.9 Å². The quantitative estimate of drug-likeness (QED) is 0.862. The van der Waals surface area contributed by atoms with Gasteiger partial charge in [0, 0.05) is 6.54 Å². The molecule has 1 heterocycles. The maximum Gasteiger partial charge on any atom is 0.236 e. The minimum atomic E-state index is -3.60. The van der Waals surface area contributed by atoms with Gasteiger partial charge in [-0.1, -0.05) is 30.3 Å². The first-order valence-corrected chi connectivity index (χ1v) is 11.3. The smallest absolute Gasteiger partial charge is 0.236 e. The van der Waals surface area contributed by atoms with Crippen molar-refractivity contribution in [1.29, 1.82) is 0 Å². The van der Waals surface area contributed by atoms with Gasteiger partial charge in [-0.15, -0.1) is 0 Å². The van der Waals surface area contributed by atoms with Crippen LogP contribution in [-0.2, 0) is 32.2 Å². The van der Waals surface area contributed by atoms with E-state index in [0.29, 0.717) is 24.3 Å². The number of aryl methyl sites for hydroxylation is 1. The van der Waals surface area contributed by atoms with Crippen molar-refractivity contribution in [2.75, 3.05) is 21.8 Å². The summed E-state index contributed by atoms with van der Waals surface area (Å²) in [5.41, 5.74) is 3.44. The molecule has 1 aliphatic rings. The second kappa shape index (κ2) is 6.34. The van der Waals surface area contributed by atoms with Gasteiger partial charge in [0.25, 0.3) is 0 Å². The minimum absolute atomic E-state index is 0.132. The van der Waals surface area contributed by atoms with Crippen molar-refractivity contribution >= 4 is 31.4 Å². The predicted octanol–water partition coefficient (Wildman–Crippen LogP) is 2.26. The van der Waals surface area contributed by atoms with Crippen molar-refractivity contribution in [3.8, 4) is 0 Å². The van der Waals surface area contributed by atoms with Gasteiger partial charge < -0.3 is 0 Å². The van der Waals surface area contributed by atoms with E-state index in [1.54, 1.807) is 30.3 Å². The lowest BCUT2D eigenvalue weighted by atomic mass is 10.1. The van der Waals surface area contributed by atoms with Crippen molar-refractivity contribution in [1.82, 2.24) is 0 Å². The Bertz CT molecular complexity index is 1010. The zero-order chi connectivity index (χ0) is 18.2. The van der Waals surface area contributed by atoms with Crippen LogP contribution in [-0.4, -0.2) is 29.6 Å². The Morgan fingerprint density at radius 1 is 1.08 bits per heavy atom. The zero-order valence-electron chi connectivity index (χ0n) is 14.1. The molecular weight excluding hydrogens is 360 g/mol. The van der Waals surface area contributed by atoms with Gasteiger partial charge in [0.1, 0.15) is 0 Å². The third-order valence-corrected chi connectivity index (χ3v) is 6.64. The molecule has 0 aromatic heterocycles. The monoisotopic (exact) mass is 380 g/mol. The lowest BCUT2D eigenvalue weighted by Crippen LogP contribution is -2.27. The lowest BCUT2D eigenvalue weighted by molar-refractivity contribution is 0.597. The summed E-state index contributed by atoms with van der Waals surface area (Å²) in [5.74, 6) is -0.132. The highest BCUT2D eigenvalue weighted by Gasteiger charge is 2.26. The van der Waals surface area contributed by atoms with Crippen molar-refractivity contribution in [3.63, 3.8) is 0 Å². The highest BCUT2D eigenvalue weighted by Crippen LogP contribution is 2.33. The van der Waals surface area contributed by atoms with Crippen molar-refractivity contribution in [2.24, 2.45) is 0 Å². The van der Waals surface area contributed by atoms with Crippen LogP contribution in [0.5, 0.6) is 0 Å². The molecule has 1 aliphatic heterocycles. The molecule has 25 heavy (non-hydrogen) atoms. The predicted molar refractivity (Wildman–Crippen MR) is 99.8 cm³/mol. The second-order valence-electron chi connectivity index (χ2n) is 6.22. The number of anilines is 2. The molecule has 6 nitrogen and oxygen atoms in total. The number of hydrogen-bond acceptors (Lipinski definition) is 4. The normalized spacial score (nSPS) is 14.4. The molecule has 0 radical (unpaired) electrons. The summed E-state index contributed by atoms with van der Waals surface area (Å²) in [6.07, 6.45) is 1.77. The molecule has 0 aliphatic carbocycles. The molecule has 0 saturated heterocycles. The number of sulfonamides is 2. The van der Waals surface area contributed by atoms with Crippen molar-refractivity contribution in [3.05, 3.63) is 59.2 Å². The minimum Gasteiger partial charge on any atom is -0.283 e. The Balaban J connectivity index is 1.85. The molecule has 2 aromatic carbocycles. The maximum absolute atomic E-state index is 12.5. The fourth-order valence-corrected chi connectivity index (χ4v) is 5.19. The first kappa shape index (κ1) is 17.8. The summed E-state index contributed by atoms with van der Waals surface area (Å²) in [7, 11) is -6.97. The number of hydrogen-bond donors (Lipinski definition) is 1. The van der Waals surface area contributed by atoms with Gasteiger partial charge in [-0.25, -0.2) is 16.8 Å². The van der Waals surface area contributed by atoms with Crippen molar-refractivity contribution in [2.45, 2.75) is 19.1 Å². The largest absolute Gasteiger partial charge is 0.283 e. The molecule has 0 unspecified atom stereocenters. The van der Waals surface area contributed by atoms with Crippen LogP contribution in [0, 0.1) is 6.92 Å². The topological polar surface area (TPSA) is 83.6 Å². The average molecular weight is 380 g/mol. The van der Waals surface area contributed by atoms with Crippen LogP contribution in [0.25, 0.3) is 0 Å². The van der Waals surface area contributed by atoms with Crippen LogP contribution >= 0.6 is 0 Å². The molecule has 0 fully saturated rings. The molecule has 8 heteroatoms. The number of fused-ring (bicyclic) bond motifs is 1. The summed E-state index contributed by atoms with van der Waals surface area (Å²) in [6.45, 7) is 2.25. The molecule has 0 atom stereocenters. The lowest BCUT2D eigenvalue weighted by Gasteiger charge is -2.17. The van der Waals surface area contributed by atoms with E-state index >= 15 is 0 Å². The van der Waals surface area contributed by atoms with E-state index in [9.17, 15) is 16.8 Å². The molecule has 2 aromatic rings. The summed E-state index contributed by atoms with van der Waals surface area (Å²) in [6, 6.07) is 12.3. The fraction of sp³-hybridized carbons (Fsp3) is 0.294. The van der Waals surface area contributed by atoms with E-state index < -0.39 is 20.0 Å². The maximum atomic E-state index is 12.5. The second-order valence-corrected chi connectivity index (χ2v) is 9.85. The van der Waals surface area contributed by atoms with Gasteiger partial charge >= 0.3 is 0 Å². The van der Waals surface area contributed by atoms with Crippen LogP contribution in [0.15, 0.2) is 42.5 Å². The van der Waals surface area contributed by atoms with E-state index in [1.165, 1.54) is 4.31 Å². The zero-order valence-corrected chi connectivity index (χ0v) is 15.7. The molecule has 3 rings (SSSR count). The summed E-state index contributed by atoms with van der Waals surface area (Å²) < 4.78 is 52.5. The first-order chi connectivity index (χ1) is 11.7. The van der Waals surface area contributed by atoms with Crippen LogP contribution in [0.2, 0.25) is 0 Å². The Morgan fingerprint density at radius 3 is 2.48 bits per heavy atom. The number of nitrogens with zero attached hydrogens (tertiary/aromatic N) is 1. The molecule has 134 valence electrons. The molecule has 0 spiro atoms. The van der Waals surface area contributed by atoms with Gasteiger partial charge in [0.2, 0.25) is 20.0 Å². The fourth-order valence-electron chi connectivity index (χ4n) is 2.95. The van der Waals surface area contributed by atoms with Crippen LogP contribution < -0.4 is 9.03 Å². The number of nitrogens with one attached hydrogen (secondary N) is 1.